The predicted octanol–water partition coefficient (Wildman–Crippen LogP) is 3.81. The lowest BCUT2D eigenvalue weighted by Crippen LogP contribution is -1.91. The van der Waals surface area contributed by atoms with Crippen molar-refractivity contribution in [3.8, 4) is 16.9 Å². The molecule has 0 radical (unpaired) electrons. The van der Waals surface area contributed by atoms with Gasteiger partial charge in [-0.2, -0.15) is 0 Å². The predicted molar refractivity (Wildman–Crippen MR) is 75.2 cm³/mol. The molecule has 1 heterocycles. The Hall–Kier alpha value is -2.75. The third-order valence-electron chi connectivity index (χ3n) is 3.14. The maximum absolute atomic E-state index is 11.0. The summed E-state index contributed by atoms with van der Waals surface area (Å²) in [6.45, 7) is 0. The molecular weight excluding hydrogens is 256 g/mol. The summed E-state index contributed by atoms with van der Waals surface area (Å²) in [6, 6.07) is 14.7. The highest BCUT2D eigenvalue weighted by Gasteiger charge is 2.14. The fourth-order valence-corrected chi connectivity index (χ4v) is 2.19. The number of fused-ring (bicyclic) bond motifs is 1. The Bertz CT molecular complexity index is 786. The minimum atomic E-state index is -1.07. The van der Waals surface area contributed by atoms with E-state index in [1.807, 2.05) is 42.5 Å². The molecule has 0 aliphatic rings. The summed E-state index contributed by atoms with van der Waals surface area (Å²) in [5, 5.41) is 9.78. The van der Waals surface area contributed by atoms with Crippen LogP contribution in [0.15, 0.2) is 52.9 Å². The zero-order chi connectivity index (χ0) is 14.1. The Kier molecular flexibility index (Phi) is 2.91. The first-order valence-corrected chi connectivity index (χ1v) is 6.09. The number of methoxy groups -OCH3 is 1. The van der Waals surface area contributed by atoms with Crippen LogP contribution in [0.4, 0.5) is 0 Å². The van der Waals surface area contributed by atoms with Crippen LogP contribution in [0, 0.1) is 0 Å². The Morgan fingerprint density at radius 1 is 1.15 bits per heavy atom. The molecule has 0 amide bonds. The number of hydrogen-bond donors (Lipinski definition) is 1. The van der Waals surface area contributed by atoms with Crippen LogP contribution in [-0.2, 0) is 0 Å². The van der Waals surface area contributed by atoms with Gasteiger partial charge in [-0.25, -0.2) is 4.79 Å². The lowest BCUT2D eigenvalue weighted by atomic mass is 10.0. The highest BCUT2D eigenvalue weighted by Crippen LogP contribution is 2.32. The third kappa shape index (κ3) is 2.01. The van der Waals surface area contributed by atoms with Gasteiger partial charge in [0.25, 0.3) is 0 Å². The highest BCUT2D eigenvalue weighted by atomic mass is 16.5. The largest absolute Gasteiger partial charge is 0.497 e. The van der Waals surface area contributed by atoms with E-state index in [0.29, 0.717) is 5.58 Å². The molecule has 2 aromatic carbocycles. The van der Waals surface area contributed by atoms with Gasteiger partial charge in [0.2, 0.25) is 5.76 Å². The molecule has 1 aromatic heterocycles. The molecule has 0 spiro atoms. The lowest BCUT2D eigenvalue weighted by Gasteiger charge is -2.05. The summed E-state index contributed by atoms with van der Waals surface area (Å²) in [6.07, 6.45) is 0. The quantitative estimate of drug-likeness (QED) is 0.784. The second-order valence-electron chi connectivity index (χ2n) is 4.37. The van der Waals surface area contributed by atoms with Gasteiger partial charge in [0.05, 0.1) is 7.11 Å². The van der Waals surface area contributed by atoms with Crippen molar-refractivity contribution in [1.82, 2.24) is 0 Å². The summed E-state index contributed by atoms with van der Waals surface area (Å²) in [5.74, 6) is -0.391. The van der Waals surface area contributed by atoms with Crippen LogP contribution in [0.3, 0.4) is 0 Å². The SMILES string of the molecule is COc1cccc(-c2cccc3cc(C(=O)O)oc23)c1. The minimum absolute atomic E-state index is 0.0599. The number of ether oxygens (including phenoxy) is 1. The lowest BCUT2D eigenvalue weighted by molar-refractivity contribution is 0.0665. The minimum Gasteiger partial charge on any atom is -0.497 e. The smallest absolute Gasteiger partial charge is 0.371 e. The van der Waals surface area contributed by atoms with Crippen molar-refractivity contribution >= 4 is 16.9 Å². The van der Waals surface area contributed by atoms with Gasteiger partial charge in [0, 0.05) is 10.9 Å². The van der Waals surface area contributed by atoms with Crippen LogP contribution in [0.25, 0.3) is 22.1 Å². The number of para-hydroxylation sites is 1. The topological polar surface area (TPSA) is 59.7 Å². The molecule has 20 heavy (non-hydrogen) atoms. The molecule has 0 fully saturated rings. The average molecular weight is 268 g/mol. The van der Waals surface area contributed by atoms with Gasteiger partial charge >= 0.3 is 5.97 Å². The van der Waals surface area contributed by atoms with Gasteiger partial charge in [-0.1, -0.05) is 30.3 Å². The van der Waals surface area contributed by atoms with E-state index in [4.69, 9.17) is 14.3 Å². The number of aromatic carboxylic acids is 1. The van der Waals surface area contributed by atoms with Gasteiger partial charge in [0.15, 0.2) is 0 Å². The Labute approximate surface area is 115 Å². The van der Waals surface area contributed by atoms with E-state index in [-0.39, 0.29) is 5.76 Å². The molecule has 100 valence electrons. The van der Waals surface area contributed by atoms with Crippen LogP contribution in [0.5, 0.6) is 5.75 Å². The fourth-order valence-electron chi connectivity index (χ4n) is 2.19. The fraction of sp³-hybridized carbons (Fsp3) is 0.0625. The monoisotopic (exact) mass is 268 g/mol. The summed E-state index contributed by atoms with van der Waals surface area (Å²) in [4.78, 5) is 11.0. The number of carboxylic acid groups (broad SMARTS) is 1. The average Bonchev–Trinajstić information content (AvgIpc) is 2.91. The highest BCUT2D eigenvalue weighted by molar-refractivity contribution is 5.97. The van der Waals surface area contributed by atoms with Crippen LogP contribution in [0.2, 0.25) is 0 Å². The maximum atomic E-state index is 11.0. The van der Waals surface area contributed by atoms with Crippen LogP contribution < -0.4 is 4.74 Å². The normalized spacial score (nSPS) is 10.7. The van der Waals surface area contributed by atoms with Gasteiger partial charge < -0.3 is 14.3 Å². The van der Waals surface area contributed by atoms with Crippen LogP contribution in [0.1, 0.15) is 10.6 Å². The second kappa shape index (κ2) is 4.74. The first-order chi connectivity index (χ1) is 9.69. The number of hydrogen-bond acceptors (Lipinski definition) is 3. The summed E-state index contributed by atoms with van der Waals surface area (Å²) >= 11 is 0. The number of rotatable bonds is 3. The molecule has 3 aromatic rings. The maximum Gasteiger partial charge on any atom is 0.371 e. The van der Waals surface area contributed by atoms with E-state index in [0.717, 1.165) is 22.3 Å². The van der Waals surface area contributed by atoms with Crippen molar-refractivity contribution in [2.24, 2.45) is 0 Å². The molecule has 4 nitrogen and oxygen atoms in total. The van der Waals surface area contributed by atoms with Crippen molar-refractivity contribution in [1.29, 1.82) is 0 Å². The number of carboxylic acids is 1. The van der Waals surface area contributed by atoms with E-state index in [9.17, 15) is 4.79 Å². The van der Waals surface area contributed by atoms with Crippen molar-refractivity contribution < 1.29 is 19.1 Å². The molecule has 3 rings (SSSR count). The van der Waals surface area contributed by atoms with E-state index < -0.39 is 5.97 Å². The zero-order valence-electron chi connectivity index (χ0n) is 10.8. The van der Waals surface area contributed by atoms with Gasteiger partial charge in [0.1, 0.15) is 11.3 Å². The molecule has 1 N–H and O–H groups in total. The standard InChI is InChI=1S/C16H12O4/c1-19-12-6-2-4-10(8-12)13-7-3-5-11-9-14(16(17)18)20-15(11)13/h2-9H,1H3,(H,17,18). The molecule has 0 bridgehead atoms. The molecule has 0 saturated heterocycles. The zero-order valence-corrected chi connectivity index (χ0v) is 10.8. The van der Waals surface area contributed by atoms with E-state index in [1.165, 1.54) is 6.07 Å². The first-order valence-electron chi connectivity index (χ1n) is 6.09. The number of carbonyl (C=O) groups is 1. The molecular formula is C16H12O4. The van der Waals surface area contributed by atoms with E-state index in [2.05, 4.69) is 0 Å². The molecule has 0 aliphatic carbocycles. The summed E-state index contributed by atoms with van der Waals surface area (Å²) in [7, 11) is 1.61. The van der Waals surface area contributed by atoms with Gasteiger partial charge in [-0.15, -0.1) is 0 Å². The molecule has 0 aliphatic heterocycles. The van der Waals surface area contributed by atoms with Crippen molar-refractivity contribution in [2.45, 2.75) is 0 Å². The van der Waals surface area contributed by atoms with Crippen LogP contribution in [-0.4, -0.2) is 18.2 Å². The van der Waals surface area contributed by atoms with E-state index in [1.54, 1.807) is 7.11 Å². The summed E-state index contributed by atoms with van der Waals surface area (Å²) in [5.41, 5.74) is 2.33. The third-order valence-corrected chi connectivity index (χ3v) is 3.14. The number of furan rings is 1. The van der Waals surface area contributed by atoms with Crippen molar-refractivity contribution in [3.63, 3.8) is 0 Å². The van der Waals surface area contributed by atoms with Crippen molar-refractivity contribution in [3.05, 3.63) is 54.3 Å². The van der Waals surface area contributed by atoms with Crippen LogP contribution >= 0.6 is 0 Å². The van der Waals surface area contributed by atoms with Gasteiger partial charge in [-0.3, -0.25) is 0 Å². The summed E-state index contributed by atoms with van der Waals surface area (Å²) < 4.78 is 10.7. The molecule has 0 unspecified atom stereocenters. The van der Waals surface area contributed by atoms with Crippen molar-refractivity contribution in [2.75, 3.05) is 7.11 Å². The Balaban J connectivity index is 2.22. The molecule has 0 saturated carbocycles. The first kappa shape index (κ1) is 12.3. The second-order valence-corrected chi connectivity index (χ2v) is 4.37. The Morgan fingerprint density at radius 2 is 1.95 bits per heavy atom. The van der Waals surface area contributed by atoms with E-state index >= 15 is 0 Å². The molecule has 4 heteroatoms. The number of benzene rings is 2. The molecule has 0 atom stereocenters. The Morgan fingerprint density at radius 3 is 2.70 bits per heavy atom. The van der Waals surface area contributed by atoms with Gasteiger partial charge in [-0.05, 0) is 23.8 Å².